The van der Waals surface area contributed by atoms with Crippen LogP contribution in [0, 0.1) is 46.8 Å². The molecule has 0 aromatic heterocycles. The van der Waals surface area contributed by atoms with Crippen LogP contribution < -0.4 is 0 Å². The second-order valence-electron chi connectivity index (χ2n) is 13.6. The van der Waals surface area contributed by atoms with Crippen LogP contribution in [0.15, 0.2) is 0 Å². The molecule has 0 radical (unpaired) electrons. The maximum absolute atomic E-state index is 11.5. The van der Waals surface area contributed by atoms with Crippen molar-refractivity contribution in [2.24, 2.45) is 46.8 Å². The first-order valence-electron chi connectivity index (χ1n) is 14.3. The van der Waals surface area contributed by atoms with Gasteiger partial charge >= 0.3 is 5.97 Å². The number of aliphatic hydroxyl groups is 5. The SMILES string of the molecule is CC(=O)OC(C)(C)C(C)CCC(C)C1CCC2C3CC(O)C4(O)CC(O)CC(O)C4C3CCC12CO. The Morgan fingerprint density at radius 2 is 1.75 bits per heavy atom. The third-order valence-corrected chi connectivity index (χ3v) is 11.5. The first kappa shape index (κ1) is 28.3. The van der Waals surface area contributed by atoms with Crippen molar-refractivity contribution >= 4 is 5.97 Å². The summed E-state index contributed by atoms with van der Waals surface area (Å²) in [6.07, 6.45) is 3.95. The molecule has 208 valence electrons. The third kappa shape index (κ3) is 4.66. The predicted octanol–water partition coefficient (Wildman–Crippen LogP) is 3.04. The number of hydrogen-bond acceptors (Lipinski definition) is 7. The van der Waals surface area contributed by atoms with Crippen LogP contribution >= 0.6 is 0 Å². The second kappa shape index (κ2) is 10.1. The molecule has 4 rings (SSSR count). The number of aliphatic hydroxyl groups excluding tert-OH is 4. The van der Waals surface area contributed by atoms with E-state index in [9.17, 15) is 30.3 Å². The fourth-order valence-electron chi connectivity index (χ4n) is 9.48. The van der Waals surface area contributed by atoms with Gasteiger partial charge in [-0.3, -0.25) is 4.79 Å². The summed E-state index contributed by atoms with van der Waals surface area (Å²) in [5, 5.41) is 54.5. The van der Waals surface area contributed by atoms with Gasteiger partial charge in [0.2, 0.25) is 0 Å². The van der Waals surface area contributed by atoms with E-state index in [0.29, 0.717) is 18.3 Å². The van der Waals surface area contributed by atoms with Gasteiger partial charge in [0, 0.05) is 25.9 Å². The quantitative estimate of drug-likeness (QED) is 0.333. The lowest BCUT2D eigenvalue weighted by Crippen LogP contribution is -2.67. The largest absolute Gasteiger partial charge is 0.460 e. The normalized spacial score (nSPS) is 46.3. The summed E-state index contributed by atoms with van der Waals surface area (Å²) in [5.74, 6) is 0.863. The monoisotopic (exact) mass is 510 g/mol. The average molecular weight is 511 g/mol. The molecule has 5 N–H and O–H groups in total. The van der Waals surface area contributed by atoms with Crippen LogP contribution in [0.3, 0.4) is 0 Å². The average Bonchev–Trinajstić information content (AvgIpc) is 3.16. The van der Waals surface area contributed by atoms with Crippen LogP contribution in [0.1, 0.15) is 92.4 Å². The molecule has 0 heterocycles. The van der Waals surface area contributed by atoms with Crippen molar-refractivity contribution < 1.29 is 35.1 Å². The van der Waals surface area contributed by atoms with Gasteiger partial charge in [0.05, 0.1) is 23.9 Å². The Morgan fingerprint density at radius 1 is 1.06 bits per heavy atom. The van der Waals surface area contributed by atoms with Gasteiger partial charge < -0.3 is 30.3 Å². The summed E-state index contributed by atoms with van der Waals surface area (Å²) in [7, 11) is 0. The van der Waals surface area contributed by atoms with Crippen molar-refractivity contribution in [3.8, 4) is 0 Å². The van der Waals surface area contributed by atoms with E-state index < -0.39 is 35.4 Å². The van der Waals surface area contributed by atoms with Crippen molar-refractivity contribution in [1.29, 1.82) is 0 Å². The van der Waals surface area contributed by atoms with Gasteiger partial charge in [-0.1, -0.05) is 20.3 Å². The summed E-state index contributed by atoms with van der Waals surface area (Å²) in [4.78, 5) is 11.5. The molecule has 0 spiro atoms. The lowest BCUT2D eigenvalue weighted by atomic mass is 9.46. The second-order valence-corrected chi connectivity index (χ2v) is 13.6. The Morgan fingerprint density at radius 3 is 2.39 bits per heavy atom. The molecule has 36 heavy (non-hydrogen) atoms. The van der Waals surface area contributed by atoms with Crippen LogP contribution in [0.25, 0.3) is 0 Å². The number of hydrogen-bond donors (Lipinski definition) is 5. The molecule has 12 unspecified atom stereocenters. The van der Waals surface area contributed by atoms with E-state index in [4.69, 9.17) is 4.74 Å². The zero-order valence-electron chi connectivity index (χ0n) is 22.9. The van der Waals surface area contributed by atoms with Gasteiger partial charge in [-0.2, -0.15) is 0 Å². The molecule has 7 nitrogen and oxygen atoms in total. The highest BCUT2D eigenvalue weighted by Gasteiger charge is 2.65. The Hall–Kier alpha value is -0.730. The molecule has 4 fully saturated rings. The molecule has 0 amide bonds. The van der Waals surface area contributed by atoms with Gasteiger partial charge in [0.15, 0.2) is 0 Å². The molecule has 0 saturated heterocycles. The van der Waals surface area contributed by atoms with Gasteiger partial charge in [-0.25, -0.2) is 0 Å². The summed E-state index contributed by atoms with van der Waals surface area (Å²) in [6.45, 7) is 9.96. The van der Waals surface area contributed by atoms with Crippen molar-refractivity contribution in [3.05, 3.63) is 0 Å². The fourth-order valence-corrected chi connectivity index (χ4v) is 9.48. The third-order valence-electron chi connectivity index (χ3n) is 11.5. The minimum absolute atomic E-state index is 0.101. The van der Waals surface area contributed by atoms with Gasteiger partial charge in [-0.15, -0.1) is 0 Å². The van der Waals surface area contributed by atoms with Crippen LogP contribution in [-0.2, 0) is 9.53 Å². The van der Waals surface area contributed by atoms with Gasteiger partial charge in [-0.05, 0) is 99.7 Å². The molecular formula is C29H50O7. The van der Waals surface area contributed by atoms with Crippen LogP contribution in [0.4, 0.5) is 0 Å². The highest BCUT2D eigenvalue weighted by Crippen LogP contribution is 2.66. The van der Waals surface area contributed by atoms with E-state index in [0.717, 1.165) is 38.5 Å². The molecule has 12 atom stereocenters. The molecule has 0 bridgehead atoms. The summed E-state index contributed by atoms with van der Waals surface area (Å²) in [5.41, 5.74) is -2.14. The Balaban J connectivity index is 1.49. The lowest BCUT2D eigenvalue weighted by Gasteiger charge is -2.61. The van der Waals surface area contributed by atoms with Crippen molar-refractivity contribution in [2.45, 2.75) is 122 Å². The Labute approximate surface area is 216 Å². The number of esters is 1. The summed E-state index contributed by atoms with van der Waals surface area (Å²) < 4.78 is 5.56. The van der Waals surface area contributed by atoms with E-state index in [2.05, 4.69) is 13.8 Å². The molecule has 0 aromatic rings. The van der Waals surface area contributed by atoms with E-state index in [1.54, 1.807) is 0 Å². The van der Waals surface area contributed by atoms with Crippen molar-refractivity contribution in [3.63, 3.8) is 0 Å². The molecule has 7 heteroatoms. The molecular weight excluding hydrogens is 460 g/mol. The molecule has 4 aliphatic rings. The maximum Gasteiger partial charge on any atom is 0.303 e. The van der Waals surface area contributed by atoms with Gasteiger partial charge in [0.1, 0.15) is 5.60 Å². The Kier molecular flexibility index (Phi) is 7.94. The fraction of sp³-hybridized carbons (Fsp3) is 0.966. The maximum atomic E-state index is 11.5. The predicted molar refractivity (Wildman–Crippen MR) is 136 cm³/mol. The highest BCUT2D eigenvalue weighted by molar-refractivity contribution is 5.66. The number of ether oxygens (including phenoxy) is 1. The summed E-state index contributed by atoms with van der Waals surface area (Å²) >= 11 is 0. The van der Waals surface area contributed by atoms with E-state index in [-0.39, 0.29) is 54.5 Å². The van der Waals surface area contributed by atoms with E-state index in [1.807, 2.05) is 13.8 Å². The lowest BCUT2D eigenvalue weighted by molar-refractivity contribution is -0.251. The molecule has 0 aliphatic heterocycles. The number of rotatable bonds is 7. The van der Waals surface area contributed by atoms with Crippen LogP contribution in [0.2, 0.25) is 0 Å². The number of carbonyl (C=O) groups excluding carboxylic acids is 1. The molecule has 4 aliphatic carbocycles. The minimum atomic E-state index is -1.44. The topological polar surface area (TPSA) is 127 Å². The Bertz CT molecular complexity index is 800. The van der Waals surface area contributed by atoms with E-state index in [1.165, 1.54) is 6.92 Å². The smallest absolute Gasteiger partial charge is 0.303 e. The van der Waals surface area contributed by atoms with Crippen LogP contribution in [0.5, 0.6) is 0 Å². The van der Waals surface area contributed by atoms with Crippen LogP contribution in [-0.4, -0.2) is 67.6 Å². The minimum Gasteiger partial charge on any atom is -0.460 e. The summed E-state index contributed by atoms with van der Waals surface area (Å²) in [6, 6.07) is 0. The highest BCUT2D eigenvalue weighted by atomic mass is 16.6. The zero-order valence-corrected chi connectivity index (χ0v) is 22.9. The van der Waals surface area contributed by atoms with Crippen molar-refractivity contribution in [1.82, 2.24) is 0 Å². The first-order chi connectivity index (χ1) is 16.8. The number of carbonyl (C=O) groups is 1. The molecule has 0 aromatic carbocycles. The van der Waals surface area contributed by atoms with E-state index >= 15 is 0 Å². The number of fused-ring (bicyclic) bond motifs is 5. The first-order valence-corrected chi connectivity index (χ1v) is 14.3. The standard InChI is InChI=1S/C29H50O7/c1-16(6-7-17(2)27(4,5)36-18(3)31)22-8-9-23-21-13-25(34)29(35)14-19(32)12-24(33)26(29)20(21)10-11-28(22,23)15-30/h16-17,19-26,30,32-35H,6-15H2,1-5H3. The molecule has 4 saturated carbocycles. The van der Waals surface area contributed by atoms with Crippen molar-refractivity contribution in [2.75, 3.05) is 6.61 Å². The van der Waals surface area contributed by atoms with Gasteiger partial charge in [0.25, 0.3) is 0 Å². The zero-order chi connectivity index (χ0) is 26.6.